The molecule has 0 radical (unpaired) electrons. The van der Waals surface area contributed by atoms with Gasteiger partial charge in [0.15, 0.2) is 0 Å². The Morgan fingerprint density at radius 3 is 1.71 bits per heavy atom. The summed E-state index contributed by atoms with van der Waals surface area (Å²) in [5, 5.41) is 0. The molecule has 1 aliphatic rings. The van der Waals surface area contributed by atoms with Gasteiger partial charge in [0.2, 0.25) is 0 Å². The van der Waals surface area contributed by atoms with E-state index >= 15 is 0 Å². The molecular formula is C23H43N. The van der Waals surface area contributed by atoms with E-state index < -0.39 is 0 Å². The monoisotopic (exact) mass is 333 g/mol. The van der Waals surface area contributed by atoms with Crippen LogP contribution < -0.4 is 0 Å². The predicted molar refractivity (Wildman–Crippen MR) is 109 cm³/mol. The zero-order valence-corrected chi connectivity index (χ0v) is 16.7. The summed E-state index contributed by atoms with van der Waals surface area (Å²) >= 11 is 0. The van der Waals surface area contributed by atoms with E-state index in [1.807, 2.05) is 0 Å². The quantitative estimate of drug-likeness (QED) is 0.262. The summed E-state index contributed by atoms with van der Waals surface area (Å²) in [6, 6.07) is 0. The minimum absolute atomic E-state index is 1.12. The van der Waals surface area contributed by atoms with Crippen LogP contribution in [0.15, 0.2) is 23.9 Å². The van der Waals surface area contributed by atoms with Gasteiger partial charge in [-0.2, -0.15) is 0 Å². The highest BCUT2D eigenvalue weighted by atomic mass is 15.1. The SMILES string of the molecule is CCCCCCCCCCCCCCCCN1CC=CC=C1CC. The Balaban J connectivity index is 1.79. The minimum atomic E-state index is 1.12. The van der Waals surface area contributed by atoms with Crippen LogP contribution in [0.4, 0.5) is 0 Å². The molecule has 0 aromatic rings. The maximum Gasteiger partial charge on any atom is 0.0359 e. The third-order valence-electron chi connectivity index (χ3n) is 5.30. The average molecular weight is 334 g/mol. The second-order valence-corrected chi connectivity index (χ2v) is 7.48. The van der Waals surface area contributed by atoms with Crippen molar-refractivity contribution in [2.75, 3.05) is 13.1 Å². The topological polar surface area (TPSA) is 3.24 Å². The fourth-order valence-corrected chi connectivity index (χ4v) is 3.66. The molecule has 0 amide bonds. The molecule has 0 spiro atoms. The van der Waals surface area contributed by atoms with Gasteiger partial charge in [-0.25, -0.2) is 0 Å². The van der Waals surface area contributed by atoms with E-state index in [1.165, 1.54) is 109 Å². The van der Waals surface area contributed by atoms with Crippen molar-refractivity contribution in [3.8, 4) is 0 Å². The third kappa shape index (κ3) is 10.9. The number of allylic oxidation sites excluding steroid dienone is 3. The van der Waals surface area contributed by atoms with Crippen molar-refractivity contribution in [1.82, 2.24) is 4.90 Å². The summed E-state index contributed by atoms with van der Waals surface area (Å²) < 4.78 is 0. The third-order valence-corrected chi connectivity index (χ3v) is 5.30. The lowest BCUT2D eigenvalue weighted by atomic mass is 10.0. The molecule has 0 bridgehead atoms. The molecule has 1 aliphatic heterocycles. The van der Waals surface area contributed by atoms with Gasteiger partial charge in [0.05, 0.1) is 0 Å². The fourth-order valence-electron chi connectivity index (χ4n) is 3.66. The Labute approximate surface area is 152 Å². The molecule has 140 valence electrons. The lowest BCUT2D eigenvalue weighted by molar-refractivity contribution is 0.351. The summed E-state index contributed by atoms with van der Waals surface area (Å²) in [7, 11) is 0. The Hall–Kier alpha value is -0.720. The molecule has 0 saturated carbocycles. The van der Waals surface area contributed by atoms with Gasteiger partial charge in [-0.1, -0.05) is 109 Å². The molecule has 0 aromatic heterocycles. The van der Waals surface area contributed by atoms with Gasteiger partial charge in [0, 0.05) is 18.8 Å². The highest BCUT2D eigenvalue weighted by molar-refractivity contribution is 5.17. The first-order valence-corrected chi connectivity index (χ1v) is 11.0. The Bertz CT molecular complexity index is 329. The van der Waals surface area contributed by atoms with Crippen LogP contribution in [-0.2, 0) is 0 Å². The van der Waals surface area contributed by atoms with Crippen LogP contribution in [0, 0.1) is 0 Å². The van der Waals surface area contributed by atoms with Crippen molar-refractivity contribution in [2.45, 2.75) is 110 Å². The van der Waals surface area contributed by atoms with Gasteiger partial charge in [-0.05, 0) is 18.9 Å². The second kappa shape index (κ2) is 15.8. The van der Waals surface area contributed by atoms with Gasteiger partial charge < -0.3 is 4.90 Å². The molecule has 1 nitrogen and oxygen atoms in total. The molecule has 0 fully saturated rings. The minimum Gasteiger partial charge on any atom is -0.371 e. The number of hydrogen-bond acceptors (Lipinski definition) is 1. The summed E-state index contributed by atoms with van der Waals surface area (Å²) in [5.74, 6) is 0. The molecule has 1 heteroatoms. The van der Waals surface area contributed by atoms with Crippen LogP contribution in [0.2, 0.25) is 0 Å². The zero-order valence-electron chi connectivity index (χ0n) is 16.7. The first-order valence-electron chi connectivity index (χ1n) is 11.0. The zero-order chi connectivity index (χ0) is 17.3. The van der Waals surface area contributed by atoms with Crippen molar-refractivity contribution in [2.24, 2.45) is 0 Å². The van der Waals surface area contributed by atoms with Crippen molar-refractivity contribution in [1.29, 1.82) is 0 Å². The van der Waals surface area contributed by atoms with E-state index in [0.29, 0.717) is 0 Å². The summed E-state index contributed by atoms with van der Waals surface area (Å²) in [6.07, 6.45) is 28.2. The molecule has 0 saturated heterocycles. The standard InChI is InChI=1S/C23H43N/c1-3-5-6-7-8-9-10-11-12-13-14-15-16-18-21-24-22-19-17-20-23(24)4-2/h17,19-20H,3-16,18,21-22H2,1-2H3. The summed E-state index contributed by atoms with van der Waals surface area (Å²) in [6.45, 7) is 6.94. The first kappa shape index (κ1) is 21.3. The molecule has 1 rings (SSSR count). The molecule has 24 heavy (non-hydrogen) atoms. The summed E-state index contributed by atoms with van der Waals surface area (Å²) in [5.41, 5.74) is 1.52. The maximum absolute atomic E-state index is 2.56. The smallest absolute Gasteiger partial charge is 0.0359 e. The summed E-state index contributed by atoms with van der Waals surface area (Å²) in [4.78, 5) is 2.56. The van der Waals surface area contributed by atoms with Crippen molar-refractivity contribution in [3.05, 3.63) is 23.9 Å². The van der Waals surface area contributed by atoms with Crippen LogP contribution in [-0.4, -0.2) is 18.0 Å². The number of nitrogens with zero attached hydrogens (tertiary/aromatic N) is 1. The van der Waals surface area contributed by atoms with E-state index in [1.54, 1.807) is 0 Å². The van der Waals surface area contributed by atoms with Crippen molar-refractivity contribution < 1.29 is 0 Å². The molecule has 1 heterocycles. The Morgan fingerprint density at radius 1 is 0.708 bits per heavy atom. The molecule has 0 aliphatic carbocycles. The predicted octanol–water partition coefficient (Wildman–Crippen LogP) is 7.63. The lowest BCUT2D eigenvalue weighted by Crippen LogP contribution is -2.25. The van der Waals surface area contributed by atoms with Crippen molar-refractivity contribution in [3.63, 3.8) is 0 Å². The normalized spacial score (nSPS) is 14.2. The second-order valence-electron chi connectivity index (χ2n) is 7.48. The number of hydrogen-bond donors (Lipinski definition) is 0. The van der Waals surface area contributed by atoms with E-state index in [9.17, 15) is 0 Å². The van der Waals surface area contributed by atoms with Crippen LogP contribution in [0.3, 0.4) is 0 Å². The molecule has 0 aromatic carbocycles. The van der Waals surface area contributed by atoms with E-state index in [2.05, 4.69) is 37.0 Å². The molecular weight excluding hydrogens is 290 g/mol. The largest absolute Gasteiger partial charge is 0.371 e. The average Bonchev–Trinajstić information content (AvgIpc) is 2.62. The molecule has 0 unspecified atom stereocenters. The van der Waals surface area contributed by atoms with E-state index in [0.717, 1.165) is 6.54 Å². The lowest BCUT2D eigenvalue weighted by Gasteiger charge is -2.27. The molecule has 0 N–H and O–H groups in total. The van der Waals surface area contributed by atoms with Gasteiger partial charge in [-0.15, -0.1) is 0 Å². The molecule has 0 atom stereocenters. The number of unbranched alkanes of at least 4 members (excludes halogenated alkanes) is 13. The van der Waals surface area contributed by atoms with Crippen LogP contribution >= 0.6 is 0 Å². The highest BCUT2D eigenvalue weighted by Gasteiger charge is 2.07. The Kier molecular flexibility index (Phi) is 14.0. The van der Waals surface area contributed by atoms with Gasteiger partial charge >= 0.3 is 0 Å². The van der Waals surface area contributed by atoms with Crippen LogP contribution in [0.25, 0.3) is 0 Å². The van der Waals surface area contributed by atoms with Crippen LogP contribution in [0.5, 0.6) is 0 Å². The van der Waals surface area contributed by atoms with Gasteiger partial charge in [0.1, 0.15) is 0 Å². The van der Waals surface area contributed by atoms with Crippen LogP contribution in [0.1, 0.15) is 110 Å². The van der Waals surface area contributed by atoms with E-state index in [-0.39, 0.29) is 0 Å². The van der Waals surface area contributed by atoms with Gasteiger partial charge in [0.25, 0.3) is 0 Å². The first-order chi connectivity index (χ1) is 11.9. The van der Waals surface area contributed by atoms with Gasteiger partial charge in [-0.3, -0.25) is 0 Å². The Morgan fingerprint density at radius 2 is 1.21 bits per heavy atom. The highest BCUT2D eigenvalue weighted by Crippen LogP contribution is 2.16. The van der Waals surface area contributed by atoms with E-state index in [4.69, 9.17) is 0 Å². The fraction of sp³-hybridized carbons (Fsp3) is 0.826. The maximum atomic E-state index is 2.56. The van der Waals surface area contributed by atoms with Crippen molar-refractivity contribution >= 4 is 0 Å². The number of rotatable bonds is 16.